The number of hydrogen-bond acceptors (Lipinski definition) is 0. The van der Waals surface area contributed by atoms with E-state index in [0.29, 0.717) is 0 Å². The third-order valence-corrected chi connectivity index (χ3v) is 5.61. The topological polar surface area (TPSA) is 0 Å². The van der Waals surface area contributed by atoms with Crippen molar-refractivity contribution in [1.29, 1.82) is 0 Å². The van der Waals surface area contributed by atoms with Crippen LogP contribution in [0.15, 0.2) is 103 Å². The number of hydrogen-bond donors (Lipinski definition) is 0. The first-order valence-electron chi connectivity index (χ1n) is 9.14. The van der Waals surface area contributed by atoms with E-state index in [1.165, 1.54) is 38.9 Å². The summed E-state index contributed by atoms with van der Waals surface area (Å²) in [6.07, 6.45) is 0. The summed E-state index contributed by atoms with van der Waals surface area (Å²) >= 11 is 0. The standard InChI is InChI=1S/C26H20/c1-19-16-17-25-23(18-19)22-14-8-9-15-24(22)26(25,20-10-4-2-5-11-20)21-12-6-3-7-13-21/h2-18H,1H3. The molecule has 0 saturated heterocycles. The van der Waals surface area contributed by atoms with Gasteiger partial charge < -0.3 is 0 Å². The van der Waals surface area contributed by atoms with Gasteiger partial charge in [-0.05, 0) is 40.3 Å². The first kappa shape index (κ1) is 15.2. The highest BCUT2D eigenvalue weighted by Gasteiger charge is 2.45. The van der Waals surface area contributed by atoms with Gasteiger partial charge in [-0.3, -0.25) is 0 Å². The van der Waals surface area contributed by atoms with Crippen LogP contribution in [-0.4, -0.2) is 0 Å². The zero-order chi connectivity index (χ0) is 17.6. The molecule has 0 amide bonds. The molecule has 26 heavy (non-hydrogen) atoms. The lowest BCUT2D eigenvalue weighted by Crippen LogP contribution is -2.28. The summed E-state index contributed by atoms with van der Waals surface area (Å²) in [6, 6.07) is 37.6. The zero-order valence-corrected chi connectivity index (χ0v) is 14.8. The van der Waals surface area contributed by atoms with Crippen molar-refractivity contribution in [3.8, 4) is 11.1 Å². The highest BCUT2D eigenvalue weighted by atomic mass is 14.5. The largest absolute Gasteiger partial charge is 0.0713 e. The van der Waals surface area contributed by atoms with E-state index in [2.05, 4.69) is 110 Å². The molecule has 0 atom stereocenters. The Kier molecular flexibility index (Phi) is 3.33. The van der Waals surface area contributed by atoms with Gasteiger partial charge in [0.15, 0.2) is 0 Å². The Balaban J connectivity index is 1.98. The van der Waals surface area contributed by atoms with E-state index in [4.69, 9.17) is 0 Å². The molecule has 0 aliphatic heterocycles. The molecular formula is C26H20. The van der Waals surface area contributed by atoms with E-state index in [1.54, 1.807) is 0 Å². The molecule has 4 aromatic carbocycles. The van der Waals surface area contributed by atoms with Gasteiger partial charge in [-0.15, -0.1) is 0 Å². The highest BCUT2D eigenvalue weighted by molar-refractivity contribution is 5.86. The van der Waals surface area contributed by atoms with Crippen molar-refractivity contribution in [2.75, 3.05) is 0 Å². The summed E-state index contributed by atoms with van der Waals surface area (Å²) in [7, 11) is 0. The fourth-order valence-corrected chi connectivity index (χ4v) is 4.56. The third kappa shape index (κ3) is 1.96. The number of fused-ring (bicyclic) bond motifs is 3. The van der Waals surface area contributed by atoms with Crippen LogP contribution < -0.4 is 0 Å². The summed E-state index contributed by atoms with van der Waals surface area (Å²) in [5.41, 5.74) is 9.13. The molecule has 1 aliphatic rings. The normalized spacial score (nSPS) is 13.9. The van der Waals surface area contributed by atoms with Gasteiger partial charge >= 0.3 is 0 Å². The smallest absolute Gasteiger partial charge is 0.0622 e. The lowest BCUT2D eigenvalue weighted by atomic mass is 9.68. The quantitative estimate of drug-likeness (QED) is 0.353. The van der Waals surface area contributed by atoms with Crippen molar-refractivity contribution in [2.45, 2.75) is 12.3 Å². The van der Waals surface area contributed by atoms with Gasteiger partial charge in [0.1, 0.15) is 0 Å². The van der Waals surface area contributed by atoms with E-state index in [0.717, 1.165) is 0 Å². The first-order chi connectivity index (χ1) is 12.8. The molecule has 0 N–H and O–H groups in total. The van der Waals surface area contributed by atoms with Crippen LogP contribution in [0.5, 0.6) is 0 Å². The summed E-state index contributed by atoms with van der Waals surface area (Å²) in [5.74, 6) is 0. The number of aryl methyl sites for hydroxylation is 1. The van der Waals surface area contributed by atoms with E-state index >= 15 is 0 Å². The minimum Gasteiger partial charge on any atom is -0.0622 e. The van der Waals surface area contributed by atoms with Crippen LogP contribution in [-0.2, 0) is 5.41 Å². The maximum atomic E-state index is 2.34. The second kappa shape index (κ2) is 5.71. The van der Waals surface area contributed by atoms with Crippen molar-refractivity contribution in [3.05, 3.63) is 131 Å². The van der Waals surface area contributed by atoms with Crippen LogP contribution in [0.4, 0.5) is 0 Å². The monoisotopic (exact) mass is 332 g/mol. The Bertz CT molecular complexity index is 1040. The molecule has 0 heteroatoms. The molecule has 0 aromatic heterocycles. The summed E-state index contributed by atoms with van der Waals surface area (Å²) in [6.45, 7) is 2.17. The van der Waals surface area contributed by atoms with Gasteiger partial charge in [0.05, 0.1) is 5.41 Å². The lowest BCUT2D eigenvalue weighted by Gasteiger charge is -2.33. The van der Waals surface area contributed by atoms with Crippen molar-refractivity contribution >= 4 is 0 Å². The zero-order valence-electron chi connectivity index (χ0n) is 14.8. The maximum Gasteiger partial charge on any atom is 0.0713 e. The maximum absolute atomic E-state index is 2.34. The molecule has 124 valence electrons. The number of benzene rings is 4. The van der Waals surface area contributed by atoms with E-state index in [9.17, 15) is 0 Å². The summed E-state index contributed by atoms with van der Waals surface area (Å²) in [4.78, 5) is 0. The molecule has 0 unspecified atom stereocenters. The van der Waals surface area contributed by atoms with Gasteiger partial charge in [0, 0.05) is 0 Å². The molecule has 0 fully saturated rings. The molecule has 0 saturated carbocycles. The van der Waals surface area contributed by atoms with Crippen LogP contribution >= 0.6 is 0 Å². The Labute approximate surface area is 154 Å². The Morgan fingerprint density at radius 1 is 0.500 bits per heavy atom. The van der Waals surface area contributed by atoms with Crippen molar-refractivity contribution in [3.63, 3.8) is 0 Å². The summed E-state index contributed by atoms with van der Waals surface area (Å²) < 4.78 is 0. The molecule has 0 spiro atoms. The van der Waals surface area contributed by atoms with Gasteiger partial charge in [0.25, 0.3) is 0 Å². The van der Waals surface area contributed by atoms with Gasteiger partial charge in [0.2, 0.25) is 0 Å². The van der Waals surface area contributed by atoms with Gasteiger partial charge in [-0.1, -0.05) is 109 Å². The van der Waals surface area contributed by atoms with Gasteiger partial charge in [-0.2, -0.15) is 0 Å². The van der Waals surface area contributed by atoms with E-state index in [1.807, 2.05) is 0 Å². The molecule has 0 heterocycles. The van der Waals surface area contributed by atoms with Crippen molar-refractivity contribution < 1.29 is 0 Å². The fraction of sp³-hybridized carbons (Fsp3) is 0.0769. The molecule has 0 radical (unpaired) electrons. The SMILES string of the molecule is Cc1ccc2c(c1)-c1ccccc1C2(c1ccccc1)c1ccccc1. The fourth-order valence-electron chi connectivity index (χ4n) is 4.56. The third-order valence-electron chi connectivity index (χ3n) is 5.61. The molecular weight excluding hydrogens is 312 g/mol. The van der Waals surface area contributed by atoms with Crippen LogP contribution in [0.3, 0.4) is 0 Å². The van der Waals surface area contributed by atoms with E-state index < -0.39 is 0 Å². The van der Waals surface area contributed by atoms with Crippen LogP contribution in [0.1, 0.15) is 27.8 Å². The van der Waals surface area contributed by atoms with E-state index in [-0.39, 0.29) is 5.41 Å². The highest BCUT2D eigenvalue weighted by Crippen LogP contribution is 2.55. The predicted octanol–water partition coefficient (Wildman–Crippen LogP) is 6.36. The lowest BCUT2D eigenvalue weighted by molar-refractivity contribution is 0.768. The van der Waals surface area contributed by atoms with Crippen molar-refractivity contribution in [1.82, 2.24) is 0 Å². The Morgan fingerprint density at radius 2 is 1.04 bits per heavy atom. The second-order valence-electron chi connectivity index (χ2n) is 7.08. The molecule has 5 rings (SSSR count). The Hall–Kier alpha value is -3.12. The predicted molar refractivity (Wildman–Crippen MR) is 108 cm³/mol. The minimum absolute atomic E-state index is 0.262. The van der Waals surface area contributed by atoms with Crippen molar-refractivity contribution in [2.24, 2.45) is 0 Å². The molecule has 1 aliphatic carbocycles. The minimum atomic E-state index is -0.262. The average Bonchev–Trinajstić information content (AvgIpc) is 3.00. The molecule has 0 bridgehead atoms. The Morgan fingerprint density at radius 3 is 1.69 bits per heavy atom. The summed E-state index contributed by atoms with van der Waals surface area (Å²) in [5, 5.41) is 0. The van der Waals surface area contributed by atoms with Crippen LogP contribution in [0, 0.1) is 6.92 Å². The van der Waals surface area contributed by atoms with Gasteiger partial charge in [-0.25, -0.2) is 0 Å². The van der Waals surface area contributed by atoms with Crippen LogP contribution in [0.25, 0.3) is 11.1 Å². The first-order valence-corrected chi connectivity index (χ1v) is 9.14. The second-order valence-corrected chi connectivity index (χ2v) is 7.08. The number of rotatable bonds is 2. The average molecular weight is 332 g/mol. The van der Waals surface area contributed by atoms with Crippen LogP contribution in [0.2, 0.25) is 0 Å². The molecule has 4 aromatic rings. The molecule has 0 nitrogen and oxygen atoms in total.